The molecule has 0 spiro atoms. The molecule has 8 heteroatoms. The zero-order valence-corrected chi connectivity index (χ0v) is 25.7. The first kappa shape index (κ1) is 29.6. The monoisotopic (exact) mass is 606 g/mol. The lowest BCUT2D eigenvalue weighted by Gasteiger charge is -2.32. The number of carbonyl (C=O) groups is 2. The summed E-state index contributed by atoms with van der Waals surface area (Å²) in [4.78, 5) is 33.1. The van der Waals surface area contributed by atoms with E-state index in [1.165, 1.54) is 11.3 Å². The van der Waals surface area contributed by atoms with Gasteiger partial charge in [0.25, 0.3) is 11.8 Å². The van der Waals surface area contributed by atoms with Crippen molar-refractivity contribution in [3.63, 3.8) is 0 Å². The van der Waals surface area contributed by atoms with E-state index in [0.29, 0.717) is 41.9 Å². The average Bonchev–Trinajstić information content (AvgIpc) is 3.55. The second-order valence-electron chi connectivity index (χ2n) is 11.9. The number of halogens is 1. The average molecular weight is 607 g/mol. The van der Waals surface area contributed by atoms with Crippen molar-refractivity contribution in [3.8, 4) is 0 Å². The van der Waals surface area contributed by atoms with E-state index in [1.54, 1.807) is 19.2 Å². The molecule has 1 fully saturated rings. The molecule has 2 N–H and O–H groups in total. The van der Waals surface area contributed by atoms with Crippen molar-refractivity contribution >= 4 is 39.8 Å². The van der Waals surface area contributed by atoms with Gasteiger partial charge >= 0.3 is 0 Å². The van der Waals surface area contributed by atoms with E-state index in [-0.39, 0.29) is 23.6 Å². The Morgan fingerprint density at radius 3 is 2.48 bits per heavy atom. The minimum absolute atomic E-state index is 0.0134. The smallest absolute Gasteiger partial charge is 0.276 e. The predicted molar refractivity (Wildman–Crippen MR) is 174 cm³/mol. The van der Waals surface area contributed by atoms with Crippen LogP contribution in [0.5, 0.6) is 0 Å². The van der Waals surface area contributed by atoms with Crippen molar-refractivity contribution in [2.45, 2.75) is 50.6 Å². The minimum atomic E-state index is -1.38. The Bertz CT molecular complexity index is 1790. The van der Waals surface area contributed by atoms with Crippen LogP contribution in [-0.4, -0.2) is 46.3 Å². The lowest BCUT2D eigenvalue weighted by molar-refractivity contribution is 0.0711. The van der Waals surface area contributed by atoms with Crippen LogP contribution in [0, 0.1) is 5.41 Å². The zero-order chi connectivity index (χ0) is 30.8. The molecule has 6 nitrogen and oxygen atoms in total. The maximum atomic E-state index is 14.4. The Morgan fingerprint density at radius 2 is 1.75 bits per heavy atom. The van der Waals surface area contributed by atoms with Gasteiger partial charge in [0, 0.05) is 41.4 Å². The highest BCUT2D eigenvalue weighted by molar-refractivity contribution is 7.09. The number of thiazole rings is 1. The highest BCUT2D eigenvalue weighted by atomic mass is 32.1. The molecule has 6 rings (SSSR count). The number of alkyl halides is 1. The molecule has 2 aliphatic rings. The number of amidine groups is 1. The van der Waals surface area contributed by atoms with Crippen LogP contribution in [0.1, 0.15) is 81.9 Å². The first-order valence-electron chi connectivity index (χ1n) is 15.0. The molecule has 44 heavy (non-hydrogen) atoms. The first-order chi connectivity index (χ1) is 21.2. The third-order valence-corrected chi connectivity index (χ3v) is 9.55. The van der Waals surface area contributed by atoms with Crippen LogP contribution in [0.25, 0.3) is 10.8 Å². The molecule has 1 atom stereocenters. The normalized spacial score (nSPS) is 17.4. The van der Waals surface area contributed by atoms with Gasteiger partial charge in [-0.05, 0) is 67.2 Å². The number of rotatable bonds is 6. The number of fused-ring (bicyclic) bond motifs is 1. The van der Waals surface area contributed by atoms with Crippen molar-refractivity contribution in [2.75, 3.05) is 13.1 Å². The van der Waals surface area contributed by atoms with Gasteiger partial charge in [0.2, 0.25) is 0 Å². The van der Waals surface area contributed by atoms with Crippen LogP contribution in [-0.2, 0) is 0 Å². The van der Waals surface area contributed by atoms with Crippen molar-refractivity contribution < 1.29 is 14.0 Å². The molecular formula is C36H35FN4O2S. The van der Waals surface area contributed by atoms with E-state index in [4.69, 9.17) is 5.41 Å². The van der Waals surface area contributed by atoms with Gasteiger partial charge in [0.15, 0.2) is 0 Å². The summed E-state index contributed by atoms with van der Waals surface area (Å²) in [5.41, 5.74) is 1.88. The number of amides is 2. The number of hydrogen-bond acceptors (Lipinski definition) is 5. The number of hydrogen-bond donors (Lipinski definition) is 2. The van der Waals surface area contributed by atoms with Gasteiger partial charge in [0.1, 0.15) is 17.2 Å². The number of piperidine rings is 1. The third-order valence-electron chi connectivity index (χ3n) is 8.54. The fourth-order valence-corrected chi connectivity index (χ4v) is 6.95. The van der Waals surface area contributed by atoms with Gasteiger partial charge in [-0.25, -0.2) is 9.37 Å². The van der Waals surface area contributed by atoms with Crippen LogP contribution >= 0.6 is 11.3 Å². The Morgan fingerprint density at radius 1 is 1.02 bits per heavy atom. The lowest BCUT2D eigenvalue weighted by atomic mass is 9.84. The third kappa shape index (κ3) is 6.26. The number of likely N-dealkylation sites (tertiary alicyclic amines) is 1. The zero-order valence-electron chi connectivity index (χ0n) is 24.8. The molecule has 0 bridgehead atoms. The Hall–Kier alpha value is -4.43. The summed E-state index contributed by atoms with van der Waals surface area (Å²) in [5.74, 6) is -0.159. The molecule has 1 aliphatic heterocycles. The van der Waals surface area contributed by atoms with E-state index in [0.717, 1.165) is 34.2 Å². The minimum Gasteiger partial charge on any atom is -0.339 e. The Balaban J connectivity index is 1.06. The first-order valence-corrected chi connectivity index (χ1v) is 15.9. The van der Waals surface area contributed by atoms with Crippen LogP contribution in [0.2, 0.25) is 0 Å². The maximum absolute atomic E-state index is 14.4. The molecule has 1 aromatic heterocycles. The molecule has 2 heterocycles. The van der Waals surface area contributed by atoms with Gasteiger partial charge in [-0.3, -0.25) is 15.0 Å². The molecule has 0 radical (unpaired) electrons. The molecule has 2 amide bonds. The summed E-state index contributed by atoms with van der Waals surface area (Å²) in [6.07, 6.45) is 7.97. The van der Waals surface area contributed by atoms with Crippen LogP contribution < -0.4 is 5.32 Å². The SMILES string of the molecule is CC(C)(F)C1=CCC(c2ccccc2C(=O)N2CCC(c3nc(C(=O)NC(=N)c4ccc5ccccc5c4)cs3)CC2)C=C1. The van der Waals surface area contributed by atoms with E-state index in [2.05, 4.69) is 10.3 Å². The van der Waals surface area contributed by atoms with Crippen molar-refractivity contribution in [1.82, 2.24) is 15.2 Å². The van der Waals surface area contributed by atoms with Gasteiger partial charge in [-0.15, -0.1) is 11.3 Å². The summed E-state index contributed by atoms with van der Waals surface area (Å²) in [5, 5.41) is 15.8. The number of allylic oxidation sites excluding steroid dienone is 4. The molecule has 0 saturated carbocycles. The fourth-order valence-electron chi connectivity index (χ4n) is 5.98. The number of carbonyl (C=O) groups excluding carboxylic acids is 2. The van der Waals surface area contributed by atoms with Crippen molar-refractivity contribution in [2.24, 2.45) is 0 Å². The van der Waals surface area contributed by atoms with E-state index >= 15 is 0 Å². The van der Waals surface area contributed by atoms with Crippen LogP contribution in [0.3, 0.4) is 0 Å². The highest BCUT2D eigenvalue weighted by Crippen LogP contribution is 2.35. The fraction of sp³-hybridized carbons (Fsp3) is 0.278. The van der Waals surface area contributed by atoms with Crippen molar-refractivity contribution in [1.29, 1.82) is 5.41 Å². The number of nitrogens with zero attached hydrogens (tertiary/aromatic N) is 2. The lowest BCUT2D eigenvalue weighted by Crippen LogP contribution is -2.38. The molecule has 1 unspecified atom stereocenters. The molecule has 4 aromatic rings. The topological polar surface area (TPSA) is 86.2 Å². The molecule has 3 aromatic carbocycles. The molecule has 1 saturated heterocycles. The van der Waals surface area contributed by atoms with Gasteiger partial charge in [-0.2, -0.15) is 0 Å². The molecular weight excluding hydrogens is 571 g/mol. The number of benzene rings is 3. The number of nitrogens with one attached hydrogen (secondary N) is 2. The van der Waals surface area contributed by atoms with Gasteiger partial charge in [-0.1, -0.05) is 72.8 Å². The quantitative estimate of drug-likeness (QED) is 0.174. The molecule has 224 valence electrons. The van der Waals surface area contributed by atoms with Crippen LogP contribution in [0.4, 0.5) is 4.39 Å². The Kier molecular flexibility index (Phi) is 8.27. The summed E-state index contributed by atoms with van der Waals surface area (Å²) in [7, 11) is 0. The summed E-state index contributed by atoms with van der Waals surface area (Å²) < 4.78 is 14.4. The highest BCUT2D eigenvalue weighted by Gasteiger charge is 2.30. The van der Waals surface area contributed by atoms with Crippen LogP contribution in [0.15, 0.2) is 95.9 Å². The number of aromatic nitrogens is 1. The summed E-state index contributed by atoms with van der Waals surface area (Å²) in [6, 6.07) is 21.3. The second-order valence-corrected chi connectivity index (χ2v) is 12.8. The van der Waals surface area contributed by atoms with Gasteiger partial charge < -0.3 is 10.2 Å². The molecule has 1 aliphatic carbocycles. The standard InChI is InChI=1S/C36H35FN4O2S/c1-36(2,37)28-15-13-24(14-16-28)29-9-5-6-10-30(29)35(43)41-19-17-25(18-20-41)34-39-31(22-44-34)33(42)40-32(38)27-12-11-23-7-3-4-8-26(23)21-27/h3-13,15-16,21-22,24-25H,14,17-20H2,1-2H3,(H2,38,40,42). The maximum Gasteiger partial charge on any atom is 0.276 e. The van der Waals surface area contributed by atoms with E-state index < -0.39 is 11.6 Å². The van der Waals surface area contributed by atoms with Crippen molar-refractivity contribution in [3.05, 3.63) is 123 Å². The predicted octanol–water partition coefficient (Wildman–Crippen LogP) is 7.79. The second kappa shape index (κ2) is 12.3. The largest absolute Gasteiger partial charge is 0.339 e. The van der Waals surface area contributed by atoms with E-state index in [9.17, 15) is 14.0 Å². The summed E-state index contributed by atoms with van der Waals surface area (Å²) >= 11 is 1.45. The van der Waals surface area contributed by atoms with Gasteiger partial charge in [0.05, 0.1) is 5.01 Å². The summed E-state index contributed by atoms with van der Waals surface area (Å²) in [6.45, 7) is 4.33. The van der Waals surface area contributed by atoms with E-state index in [1.807, 2.05) is 89.9 Å². The Labute approximate surface area is 260 Å².